The van der Waals surface area contributed by atoms with E-state index in [1.54, 1.807) is 16.8 Å². The molecule has 0 aliphatic carbocycles. The molecule has 1 aromatic heterocycles. The van der Waals surface area contributed by atoms with Gasteiger partial charge in [-0.05, 0) is 17.7 Å². The minimum Gasteiger partial charge on any atom is -0.345 e. The first-order chi connectivity index (χ1) is 9.66. The molecule has 0 saturated carbocycles. The van der Waals surface area contributed by atoms with Crippen LogP contribution in [-0.4, -0.2) is 23.6 Å². The Hall–Kier alpha value is -1.49. The average Bonchev–Trinajstić information content (AvgIpc) is 2.66. The first-order valence-electron chi connectivity index (χ1n) is 6.59. The minimum absolute atomic E-state index is 0. The lowest BCUT2D eigenvalue weighted by Crippen LogP contribution is -2.35. The summed E-state index contributed by atoms with van der Waals surface area (Å²) in [7, 11) is 1.83. The first-order valence-corrected chi connectivity index (χ1v) is 6.97. The summed E-state index contributed by atoms with van der Waals surface area (Å²) in [4.78, 5) is 14.6. The second kappa shape index (κ2) is 6.52. The van der Waals surface area contributed by atoms with E-state index in [4.69, 9.17) is 11.6 Å². The summed E-state index contributed by atoms with van der Waals surface area (Å²) in [5.74, 6) is -0.0180. The van der Waals surface area contributed by atoms with Gasteiger partial charge in [0.2, 0.25) is 0 Å². The molecule has 4 nitrogen and oxygen atoms in total. The molecule has 0 fully saturated rings. The number of benzene rings is 1. The maximum atomic E-state index is 12.8. The van der Waals surface area contributed by atoms with Gasteiger partial charge < -0.3 is 14.8 Å². The highest BCUT2D eigenvalue weighted by Gasteiger charge is 2.23. The number of aryl methyl sites for hydroxylation is 1. The van der Waals surface area contributed by atoms with E-state index in [2.05, 4.69) is 5.32 Å². The van der Waals surface area contributed by atoms with E-state index in [9.17, 15) is 4.79 Å². The van der Waals surface area contributed by atoms with Crippen molar-refractivity contribution in [2.45, 2.75) is 6.54 Å². The van der Waals surface area contributed by atoms with E-state index >= 15 is 0 Å². The number of nitrogens with one attached hydrogen (secondary N) is 1. The Morgan fingerprint density at radius 3 is 2.81 bits per heavy atom. The monoisotopic (exact) mass is 325 g/mol. The van der Waals surface area contributed by atoms with Gasteiger partial charge in [-0.25, -0.2) is 0 Å². The van der Waals surface area contributed by atoms with Crippen molar-refractivity contribution in [2.75, 3.05) is 18.0 Å². The van der Waals surface area contributed by atoms with E-state index in [-0.39, 0.29) is 18.3 Å². The number of anilines is 1. The zero-order valence-electron chi connectivity index (χ0n) is 11.7. The van der Waals surface area contributed by atoms with Crippen LogP contribution in [0.2, 0.25) is 5.02 Å². The van der Waals surface area contributed by atoms with Gasteiger partial charge in [0.05, 0.1) is 5.02 Å². The SMILES string of the molecule is Cl.Cn1cc(Cl)cc1C(=O)N1CCNCc2ccccc21. The third kappa shape index (κ3) is 3.07. The number of fused-ring (bicyclic) bond motifs is 1. The zero-order valence-corrected chi connectivity index (χ0v) is 13.2. The third-order valence-electron chi connectivity index (χ3n) is 3.55. The molecule has 2 aromatic rings. The summed E-state index contributed by atoms with van der Waals surface area (Å²) in [5, 5.41) is 3.91. The average molecular weight is 326 g/mol. The van der Waals surface area contributed by atoms with Gasteiger partial charge in [0.15, 0.2) is 0 Å². The summed E-state index contributed by atoms with van der Waals surface area (Å²) < 4.78 is 1.77. The van der Waals surface area contributed by atoms with Crippen LogP contribution in [0.5, 0.6) is 0 Å². The smallest absolute Gasteiger partial charge is 0.274 e. The molecule has 1 amide bonds. The van der Waals surface area contributed by atoms with Gasteiger partial charge in [0, 0.05) is 38.6 Å². The summed E-state index contributed by atoms with van der Waals surface area (Å²) in [5.41, 5.74) is 2.71. The number of nitrogens with zero attached hydrogens (tertiary/aromatic N) is 2. The Balaban J connectivity index is 0.00000161. The number of carbonyl (C=O) groups is 1. The number of rotatable bonds is 1. The fourth-order valence-corrected chi connectivity index (χ4v) is 2.79. The molecule has 6 heteroatoms. The number of para-hydroxylation sites is 1. The molecule has 112 valence electrons. The molecule has 1 N–H and O–H groups in total. The highest BCUT2D eigenvalue weighted by molar-refractivity contribution is 6.31. The Labute approximate surface area is 135 Å². The standard InChI is InChI=1S/C15H16ClN3O.ClH/c1-18-10-12(16)8-14(18)15(20)19-7-6-17-9-11-4-2-3-5-13(11)19;/h2-5,8,10,17H,6-7,9H2,1H3;1H. The molecule has 3 rings (SSSR count). The van der Waals surface area contributed by atoms with Crippen molar-refractivity contribution >= 4 is 35.6 Å². The van der Waals surface area contributed by atoms with E-state index in [1.807, 2.05) is 36.2 Å². The van der Waals surface area contributed by atoms with Crippen molar-refractivity contribution in [3.63, 3.8) is 0 Å². The molecule has 1 aromatic carbocycles. The van der Waals surface area contributed by atoms with Crippen LogP contribution in [0.3, 0.4) is 0 Å². The van der Waals surface area contributed by atoms with Gasteiger partial charge in [0.25, 0.3) is 5.91 Å². The fourth-order valence-electron chi connectivity index (χ4n) is 2.54. The number of amides is 1. The quantitative estimate of drug-likeness (QED) is 0.875. The topological polar surface area (TPSA) is 37.3 Å². The predicted octanol–water partition coefficient (Wildman–Crippen LogP) is 2.85. The molecule has 0 atom stereocenters. The van der Waals surface area contributed by atoms with Gasteiger partial charge in [-0.2, -0.15) is 0 Å². The number of halogens is 2. The van der Waals surface area contributed by atoms with Crippen LogP contribution in [0.15, 0.2) is 36.5 Å². The van der Waals surface area contributed by atoms with E-state index < -0.39 is 0 Å². The third-order valence-corrected chi connectivity index (χ3v) is 3.75. The Morgan fingerprint density at radius 1 is 1.33 bits per heavy atom. The molecule has 0 saturated heterocycles. The molecule has 0 radical (unpaired) electrons. The maximum Gasteiger partial charge on any atom is 0.274 e. The zero-order chi connectivity index (χ0) is 14.1. The second-order valence-corrected chi connectivity index (χ2v) is 5.35. The predicted molar refractivity (Wildman–Crippen MR) is 87.5 cm³/mol. The van der Waals surface area contributed by atoms with Crippen LogP contribution in [0, 0.1) is 0 Å². The molecular weight excluding hydrogens is 309 g/mol. The summed E-state index contributed by atoms with van der Waals surface area (Å²) >= 11 is 5.98. The van der Waals surface area contributed by atoms with Crippen molar-refractivity contribution < 1.29 is 4.79 Å². The molecular formula is C15H17Cl2N3O. The fraction of sp³-hybridized carbons (Fsp3) is 0.267. The van der Waals surface area contributed by atoms with Crippen LogP contribution >= 0.6 is 24.0 Å². The summed E-state index contributed by atoms with van der Waals surface area (Å²) in [6.07, 6.45) is 1.75. The molecule has 21 heavy (non-hydrogen) atoms. The number of hydrogen-bond acceptors (Lipinski definition) is 2. The Bertz CT molecular complexity index is 654. The largest absolute Gasteiger partial charge is 0.345 e. The van der Waals surface area contributed by atoms with Crippen LogP contribution in [-0.2, 0) is 13.6 Å². The highest BCUT2D eigenvalue weighted by Crippen LogP contribution is 2.25. The maximum absolute atomic E-state index is 12.8. The van der Waals surface area contributed by atoms with Crippen molar-refractivity contribution in [1.82, 2.24) is 9.88 Å². The van der Waals surface area contributed by atoms with Crippen LogP contribution in [0.4, 0.5) is 5.69 Å². The van der Waals surface area contributed by atoms with Crippen LogP contribution in [0.25, 0.3) is 0 Å². The molecule has 2 heterocycles. The lowest BCUT2D eigenvalue weighted by molar-refractivity contribution is 0.0980. The Kier molecular flexibility index (Phi) is 4.93. The van der Waals surface area contributed by atoms with Crippen LogP contribution < -0.4 is 10.2 Å². The molecule has 0 unspecified atom stereocenters. The highest BCUT2D eigenvalue weighted by atomic mass is 35.5. The number of carbonyl (C=O) groups excluding carboxylic acids is 1. The summed E-state index contributed by atoms with van der Waals surface area (Å²) in [6.45, 7) is 2.21. The minimum atomic E-state index is -0.0180. The number of aromatic nitrogens is 1. The lowest BCUT2D eigenvalue weighted by Gasteiger charge is -2.22. The molecule has 1 aliphatic rings. The molecule has 0 bridgehead atoms. The lowest BCUT2D eigenvalue weighted by atomic mass is 10.1. The van der Waals surface area contributed by atoms with Gasteiger partial charge in [-0.3, -0.25) is 4.79 Å². The molecule has 1 aliphatic heterocycles. The van der Waals surface area contributed by atoms with Gasteiger partial charge in [0.1, 0.15) is 5.69 Å². The van der Waals surface area contributed by atoms with Crippen molar-refractivity contribution in [1.29, 1.82) is 0 Å². The van der Waals surface area contributed by atoms with Crippen molar-refractivity contribution in [3.8, 4) is 0 Å². The van der Waals surface area contributed by atoms with E-state index in [0.29, 0.717) is 17.3 Å². The van der Waals surface area contributed by atoms with Crippen molar-refractivity contribution in [3.05, 3.63) is 52.8 Å². The molecule has 0 spiro atoms. The van der Waals surface area contributed by atoms with E-state index in [1.165, 1.54) is 0 Å². The van der Waals surface area contributed by atoms with Gasteiger partial charge in [-0.1, -0.05) is 29.8 Å². The van der Waals surface area contributed by atoms with Gasteiger partial charge >= 0.3 is 0 Å². The first kappa shape index (κ1) is 15.9. The van der Waals surface area contributed by atoms with Gasteiger partial charge in [-0.15, -0.1) is 12.4 Å². The second-order valence-electron chi connectivity index (χ2n) is 4.92. The van der Waals surface area contributed by atoms with E-state index in [0.717, 1.165) is 24.3 Å². The van der Waals surface area contributed by atoms with Crippen molar-refractivity contribution in [2.24, 2.45) is 7.05 Å². The summed E-state index contributed by atoms with van der Waals surface area (Å²) in [6, 6.07) is 9.71. The van der Waals surface area contributed by atoms with Crippen LogP contribution in [0.1, 0.15) is 16.1 Å². The number of hydrogen-bond donors (Lipinski definition) is 1. The Morgan fingerprint density at radius 2 is 2.10 bits per heavy atom. The normalized spacial score (nSPS) is 14.1.